The molecule has 1 atom stereocenters. The summed E-state index contributed by atoms with van der Waals surface area (Å²) in [5, 5.41) is 8.45. The van der Waals surface area contributed by atoms with E-state index < -0.39 is 0 Å². The van der Waals surface area contributed by atoms with Crippen LogP contribution in [0.2, 0.25) is 0 Å². The molecule has 0 radical (unpaired) electrons. The Morgan fingerprint density at radius 2 is 2.00 bits per heavy atom. The van der Waals surface area contributed by atoms with Crippen molar-refractivity contribution in [3.63, 3.8) is 0 Å². The molecule has 1 amide bonds. The summed E-state index contributed by atoms with van der Waals surface area (Å²) in [6.07, 6.45) is 1.05. The molecule has 27 heavy (non-hydrogen) atoms. The van der Waals surface area contributed by atoms with Crippen LogP contribution in [-0.4, -0.2) is 64.5 Å². The number of nitrogens with one attached hydrogen (secondary N) is 1. The van der Waals surface area contributed by atoms with Gasteiger partial charge in [0, 0.05) is 38.4 Å². The molecule has 1 fully saturated rings. The molecule has 1 aliphatic heterocycles. The fourth-order valence-corrected chi connectivity index (χ4v) is 3.90. The third-order valence-corrected chi connectivity index (χ3v) is 5.15. The minimum absolute atomic E-state index is 0.0522. The molecule has 148 valence electrons. The highest BCUT2D eigenvalue weighted by molar-refractivity contribution is 6.06. The van der Waals surface area contributed by atoms with Crippen molar-refractivity contribution < 1.29 is 9.53 Å². The van der Waals surface area contributed by atoms with Gasteiger partial charge in [0.25, 0.3) is 5.91 Å². The monoisotopic (exact) mass is 373 g/mol. The maximum absolute atomic E-state index is 13.0. The number of nitrogens with zero attached hydrogens (tertiary/aromatic N) is 4. The first-order valence-electron chi connectivity index (χ1n) is 9.77. The lowest BCUT2D eigenvalue weighted by atomic mass is 10.0. The van der Waals surface area contributed by atoms with Gasteiger partial charge in [-0.3, -0.25) is 14.4 Å². The summed E-state index contributed by atoms with van der Waals surface area (Å²) < 4.78 is 7.22. The first-order valence-corrected chi connectivity index (χ1v) is 9.77. The van der Waals surface area contributed by atoms with Gasteiger partial charge in [-0.2, -0.15) is 5.10 Å². The number of aromatic nitrogens is 3. The fourth-order valence-electron chi connectivity index (χ4n) is 3.90. The van der Waals surface area contributed by atoms with Crippen LogP contribution in [0.15, 0.2) is 6.07 Å². The summed E-state index contributed by atoms with van der Waals surface area (Å²) in [7, 11) is 1.86. The molecular formula is C20H31N5O2. The Morgan fingerprint density at radius 1 is 1.30 bits per heavy atom. The van der Waals surface area contributed by atoms with Gasteiger partial charge < -0.3 is 10.1 Å². The van der Waals surface area contributed by atoms with E-state index in [0.717, 1.165) is 55.1 Å². The number of rotatable bonds is 6. The summed E-state index contributed by atoms with van der Waals surface area (Å²) in [5.41, 5.74) is 3.07. The van der Waals surface area contributed by atoms with Crippen LogP contribution >= 0.6 is 0 Å². The standard InChI is InChI=1S/C20H31N5O2/c1-13(2)10-16(25-6-8-27-9-7-25)12-21-20(26)17-11-14(3)22-19-18(17)15(4)23-24(19)5/h11,13,16H,6-10,12H2,1-5H3,(H,21,26). The maximum atomic E-state index is 13.0. The Morgan fingerprint density at radius 3 is 2.67 bits per heavy atom. The summed E-state index contributed by atoms with van der Waals surface area (Å²) in [5.74, 6) is 0.522. The number of hydrogen-bond acceptors (Lipinski definition) is 5. The zero-order chi connectivity index (χ0) is 19.6. The number of ether oxygens (including phenoxy) is 1. The number of carbonyl (C=O) groups is 1. The van der Waals surface area contributed by atoms with Gasteiger partial charge in [0.2, 0.25) is 0 Å². The number of aryl methyl sites for hydroxylation is 3. The second kappa shape index (κ2) is 8.35. The van der Waals surface area contributed by atoms with Gasteiger partial charge in [-0.15, -0.1) is 0 Å². The van der Waals surface area contributed by atoms with E-state index in [0.29, 0.717) is 24.1 Å². The van der Waals surface area contributed by atoms with Crippen LogP contribution in [0.4, 0.5) is 0 Å². The van der Waals surface area contributed by atoms with Gasteiger partial charge in [-0.1, -0.05) is 13.8 Å². The summed E-state index contributed by atoms with van der Waals surface area (Å²) in [6, 6.07) is 2.18. The van der Waals surface area contributed by atoms with Crippen molar-refractivity contribution in [3.8, 4) is 0 Å². The lowest BCUT2D eigenvalue weighted by Gasteiger charge is -2.35. The zero-order valence-corrected chi connectivity index (χ0v) is 17.1. The lowest BCUT2D eigenvalue weighted by Crippen LogP contribution is -2.49. The van der Waals surface area contributed by atoms with Crippen LogP contribution < -0.4 is 5.32 Å². The SMILES string of the molecule is Cc1cc(C(=O)NCC(CC(C)C)N2CCOCC2)c2c(C)nn(C)c2n1. The molecule has 2 aromatic rings. The number of pyridine rings is 1. The topological polar surface area (TPSA) is 72.3 Å². The fraction of sp³-hybridized carbons (Fsp3) is 0.650. The van der Waals surface area contributed by atoms with Crippen molar-refractivity contribution in [1.29, 1.82) is 0 Å². The maximum Gasteiger partial charge on any atom is 0.252 e. The third kappa shape index (κ3) is 4.47. The molecule has 1 aliphatic rings. The normalized spacial score (nSPS) is 16.8. The quantitative estimate of drug-likeness (QED) is 0.839. The molecule has 0 bridgehead atoms. The van der Waals surface area contributed by atoms with Crippen LogP contribution in [0.5, 0.6) is 0 Å². The minimum Gasteiger partial charge on any atom is -0.379 e. The molecular weight excluding hydrogens is 342 g/mol. The average molecular weight is 374 g/mol. The Labute approximate surface area is 161 Å². The molecule has 0 spiro atoms. The number of fused-ring (bicyclic) bond motifs is 1. The molecule has 0 aromatic carbocycles. The third-order valence-electron chi connectivity index (χ3n) is 5.15. The highest BCUT2D eigenvalue weighted by Gasteiger charge is 2.24. The largest absolute Gasteiger partial charge is 0.379 e. The van der Waals surface area contributed by atoms with Crippen LogP contribution in [-0.2, 0) is 11.8 Å². The van der Waals surface area contributed by atoms with Gasteiger partial charge in [-0.25, -0.2) is 4.98 Å². The molecule has 3 rings (SSSR count). The van der Waals surface area contributed by atoms with Crippen LogP contribution in [0, 0.1) is 19.8 Å². The molecule has 0 saturated carbocycles. The van der Waals surface area contributed by atoms with Crippen LogP contribution in [0.25, 0.3) is 11.0 Å². The van der Waals surface area contributed by atoms with Crippen LogP contribution in [0.1, 0.15) is 42.0 Å². The van der Waals surface area contributed by atoms with Crippen molar-refractivity contribution in [2.45, 2.75) is 40.2 Å². The zero-order valence-electron chi connectivity index (χ0n) is 17.1. The second-order valence-corrected chi connectivity index (χ2v) is 7.86. The molecule has 1 N–H and O–H groups in total. The summed E-state index contributed by atoms with van der Waals surface area (Å²) >= 11 is 0. The van der Waals surface area contributed by atoms with E-state index >= 15 is 0 Å². The Hall–Kier alpha value is -1.99. The predicted molar refractivity (Wildman–Crippen MR) is 106 cm³/mol. The molecule has 7 nitrogen and oxygen atoms in total. The van der Waals surface area contributed by atoms with Crippen molar-refractivity contribution in [2.24, 2.45) is 13.0 Å². The smallest absolute Gasteiger partial charge is 0.252 e. The lowest BCUT2D eigenvalue weighted by molar-refractivity contribution is 0.0124. The van der Waals surface area contributed by atoms with Crippen LogP contribution in [0.3, 0.4) is 0 Å². The van der Waals surface area contributed by atoms with Crippen molar-refractivity contribution in [1.82, 2.24) is 25.0 Å². The predicted octanol–water partition coefficient (Wildman–Crippen LogP) is 2.06. The minimum atomic E-state index is -0.0522. The van der Waals surface area contributed by atoms with E-state index in [9.17, 15) is 4.79 Å². The highest BCUT2D eigenvalue weighted by atomic mass is 16.5. The van der Waals surface area contributed by atoms with Crippen molar-refractivity contribution in [2.75, 3.05) is 32.8 Å². The van der Waals surface area contributed by atoms with E-state index in [1.54, 1.807) is 4.68 Å². The van der Waals surface area contributed by atoms with Crippen molar-refractivity contribution in [3.05, 3.63) is 23.0 Å². The average Bonchev–Trinajstić information content (AvgIpc) is 2.92. The molecule has 7 heteroatoms. The van der Waals surface area contributed by atoms with Gasteiger partial charge >= 0.3 is 0 Å². The number of amides is 1. The van der Waals surface area contributed by atoms with E-state index in [-0.39, 0.29) is 5.91 Å². The number of hydrogen-bond donors (Lipinski definition) is 1. The first kappa shape index (κ1) is 19.8. The highest BCUT2D eigenvalue weighted by Crippen LogP contribution is 2.22. The summed E-state index contributed by atoms with van der Waals surface area (Å²) in [4.78, 5) is 20.0. The molecule has 3 heterocycles. The van der Waals surface area contributed by atoms with Crippen molar-refractivity contribution >= 4 is 16.9 Å². The first-order chi connectivity index (χ1) is 12.9. The molecule has 1 unspecified atom stereocenters. The molecule has 1 saturated heterocycles. The van der Waals surface area contributed by atoms with E-state index in [1.165, 1.54) is 0 Å². The summed E-state index contributed by atoms with van der Waals surface area (Å²) in [6.45, 7) is 12.3. The van der Waals surface area contributed by atoms with Gasteiger partial charge in [0.15, 0.2) is 5.65 Å². The van der Waals surface area contributed by atoms with E-state index in [4.69, 9.17) is 4.74 Å². The Balaban J connectivity index is 1.78. The number of carbonyl (C=O) groups excluding carboxylic acids is 1. The van der Waals surface area contributed by atoms with Gasteiger partial charge in [0.1, 0.15) is 0 Å². The molecule has 0 aliphatic carbocycles. The molecule has 2 aromatic heterocycles. The Kier molecular flexibility index (Phi) is 6.11. The number of morpholine rings is 1. The Bertz CT molecular complexity index is 808. The van der Waals surface area contributed by atoms with E-state index in [1.807, 2.05) is 27.0 Å². The van der Waals surface area contributed by atoms with Gasteiger partial charge in [-0.05, 0) is 32.3 Å². The second-order valence-electron chi connectivity index (χ2n) is 7.86. The van der Waals surface area contributed by atoms with Gasteiger partial charge in [0.05, 0.1) is 29.9 Å². The van der Waals surface area contributed by atoms with E-state index in [2.05, 4.69) is 34.1 Å².